The third-order valence-electron chi connectivity index (χ3n) is 13.3. The van der Waals surface area contributed by atoms with Gasteiger partial charge in [0.25, 0.3) is 0 Å². The Labute approximate surface area is 434 Å². The number of rotatable bonds is 55. The number of carbonyl (C=O) groups excluding carboxylic acids is 3. The highest BCUT2D eigenvalue weighted by molar-refractivity contribution is 5.71. The highest BCUT2D eigenvalue weighted by Gasteiger charge is 2.19. The van der Waals surface area contributed by atoms with Crippen molar-refractivity contribution in [2.75, 3.05) is 13.2 Å². The summed E-state index contributed by atoms with van der Waals surface area (Å²) < 4.78 is 16.8. The fraction of sp³-hybridized carbons (Fsp3) is 0.797. The van der Waals surface area contributed by atoms with E-state index in [0.29, 0.717) is 19.3 Å². The molecule has 6 nitrogen and oxygen atoms in total. The average molecular weight is 980 g/mol. The van der Waals surface area contributed by atoms with Crippen LogP contribution >= 0.6 is 0 Å². The van der Waals surface area contributed by atoms with Gasteiger partial charge in [-0.15, -0.1) is 0 Å². The zero-order valence-corrected chi connectivity index (χ0v) is 46.5. The summed E-state index contributed by atoms with van der Waals surface area (Å²) >= 11 is 0. The number of ether oxygens (including phenoxy) is 3. The van der Waals surface area contributed by atoms with Crippen molar-refractivity contribution in [3.05, 3.63) is 60.8 Å². The summed E-state index contributed by atoms with van der Waals surface area (Å²) in [5.41, 5.74) is 0. The molecule has 0 heterocycles. The Kier molecular flexibility index (Phi) is 56.3. The largest absolute Gasteiger partial charge is 0.462 e. The van der Waals surface area contributed by atoms with Crippen molar-refractivity contribution in [1.29, 1.82) is 0 Å². The van der Waals surface area contributed by atoms with Crippen molar-refractivity contribution in [1.82, 2.24) is 0 Å². The second-order valence-corrected chi connectivity index (χ2v) is 20.2. The molecular formula is C64H114O6. The SMILES string of the molecule is CC/C=C\C/C=C\C/C=C\C/C=C\CCCCCCCCCCCCCCCCCCC(=O)OCC(COC(=O)CCCCCCCCCCC)OC(=O)CCCCCCC/C=C\CCCCCCC. The average Bonchev–Trinajstić information content (AvgIpc) is 3.36. The highest BCUT2D eigenvalue weighted by atomic mass is 16.6. The van der Waals surface area contributed by atoms with Crippen LogP contribution in [0.4, 0.5) is 0 Å². The summed E-state index contributed by atoms with van der Waals surface area (Å²) in [4.78, 5) is 38.0. The Bertz CT molecular complexity index is 1260. The molecule has 1 atom stereocenters. The summed E-state index contributed by atoms with van der Waals surface area (Å²) in [5, 5.41) is 0. The molecule has 0 aliphatic carbocycles. The van der Waals surface area contributed by atoms with E-state index >= 15 is 0 Å². The zero-order valence-electron chi connectivity index (χ0n) is 46.5. The fourth-order valence-electron chi connectivity index (χ4n) is 8.72. The molecule has 70 heavy (non-hydrogen) atoms. The van der Waals surface area contributed by atoms with E-state index in [4.69, 9.17) is 14.2 Å². The molecule has 0 aliphatic heterocycles. The number of unbranched alkanes of at least 4 members (excludes halogenated alkanes) is 34. The summed E-state index contributed by atoms with van der Waals surface area (Å²) in [7, 11) is 0. The minimum atomic E-state index is -0.773. The Morgan fingerprint density at radius 1 is 0.300 bits per heavy atom. The van der Waals surface area contributed by atoms with Gasteiger partial charge in [-0.05, 0) is 83.5 Å². The molecule has 0 bridgehead atoms. The Morgan fingerprint density at radius 3 is 0.886 bits per heavy atom. The molecule has 0 fully saturated rings. The number of esters is 3. The molecule has 0 spiro atoms. The van der Waals surface area contributed by atoms with Crippen molar-refractivity contribution in [2.24, 2.45) is 0 Å². The van der Waals surface area contributed by atoms with E-state index < -0.39 is 6.10 Å². The number of hydrogen-bond acceptors (Lipinski definition) is 6. The maximum Gasteiger partial charge on any atom is 0.306 e. The first-order valence-electron chi connectivity index (χ1n) is 30.3. The van der Waals surface area contributed by atoms with E-state index in [1.54, 1.807) is 0 Å². The molecule has 0 aromatic heterocycles. The normalized spacial score (nSPS) is 12.4. The molecular weight excluding hydrogens is 865 g/mol. The van der Waals surface area contributed by atoms with Gasteiger partial charge >= 0.3 is 17.9 Å². The van der Waals surface area contributed by atoms with E-state index in [0.717, 1.165) is 89.9 Å². The van der Waals surface area contributed by atoms with Gasteiger partial charge in [-0.2, -0.15) is 0 Å². The van der Waals surface area contributed by atoms with Gasteiger partial charge in [-0.25, -0.2) is 0 Å². The van der Waals surface area contributed by atoms with Crippen molar-refractivity contribution in [2.45, 2.75) is 316 Å². The minimum absolute atomic E-state index is 0.0733. The fourth-order valence-corrected chi connectivity index (χ4v) is 8.72. The monoisotopic (exact) mass is 979 g/mol. The number of hydrogen-bond donors (Lipinski definition) is 0. The first kappa shape index (κ1) is 67.1. The minimum Gasteiger partial charge on any atom is -0.462 e. The first-order chi connectivity index (χ1) is 34.5. The van der Waals surface area contributed by atoms with Crippen LogP contribution in [0.2, 0.25) is 0 Å². The van der Waals surface area contributed by atoms with Crippen molar-refractivity contribution >= 4 is 17.9 Å². The predicted molar refractivity (Wildman–Crippen MR) is 302 cm³/mol. The Balaban J connectivity index is 4.10. The maximum absolute atomic E-state index is 12.8. The lowest BCUT2D eigenvalue weighted by molar-refractivity contribution is -0.167. The lowest BCUT2D eigenvalue weighted by atomic mass is 10.0. The Morgan fingerprint density at radius 2 is 0.557 bits per heavy atom. The zero-order chi connectivity index (χ0) is 50.7. The van der Waals surface area contributed by atoms with Crippen LogP contribution in [0.25, 0.3) is 0 Å². The van der Waals surface area contributed by atoms with Crippen molar-refractivity contribution < 1.29 is 28.6 Å². The van der Waals surface area contributed by atoms with Gasteiger partial charge in [-0.1, -0.05) is 268 Å². The van der Waals surface area contributed by atoms with Gasteiger partial charge in [0.2, 0.25) is 0 Å². The summed E-state index contributed by atoms with van der Waals surface area (Å²) in [5.74, 6) is -0.871. The second-order valence-electron chi connectivity index (χ2n) is 20.2. The van der Waals surface area contributed by atoms with Crippen LogP contribution in [0.3, 0.4) is 0 Å². The topological polar surface area (TPSA) is 78.9 Å². The summed E-state index contributed by atoms with van der Waals surface area (Å²) in [6.45, 7) is 6.52. The summed E-state index contributed by atoms with van der Waals surface area (Å²) in [6, 6.07) is 0. The molecule has 0 aromatic rings. The quantitative estimate of drug-likeness (QED) is 0.0261. The molecule has 406 valence electrons. The lowest BCUT2D eigenvalue weighted by Gasteiger charge is -2.18. The van der Waals surface area contributed by atoms with Crippen LogP contribution in [0.5, 0.6) is 0 Å². The van der Waals surface area contributed by atoms with Gasteiger partial charge < -0.3 is 14.2 Å². The van der Waals surface area contributed by atoms with E-state index in [2.05, 4.69) is 81.5 Å². The van der Waals surface area contributed by atoms with Crippen molar-refractivity contribution in [3.63, 3.8) is 0 Å². The van der Waals surface area contributed by atoms with E-state index in [1.807, 2.05) is 0 Å². The maximum atomic E-state index is 12.8. The molecule has 1 unspecified atom stereocenters. The molecule has 0 aliphatic rings. The van der Waals surface area contributed by atoms with Crippen LogP contribution < -0.4 is 0 Å². The smallest absolute Gasteiger partial charge is 0.306 e. The van der Waals surface area contributed by atoms with E-state index in [-0.39, 0.29) is 31.1 Å². The van der Waals surface area contributed by atoms with Gasteiger partial charge in [0.1, 0.15) is 13.2 Å². The third-order valence-corrected chi connectivity index (χ3v) is 13.3. The lowest BCUT2D eigenvalue weighted by Crippen LogP contribution is -2.30. The van der Waals surface area contributed by atoms with Gasteiger partial charge in [0, 0.05) is 19.3 Å². The van der Waals surface area contributed by atoms with Crippen LogP contribution in [-0.2, 0) is 28.6 Å². The molecule has 0 N–H and O–H groups in total. The van der Waals surface area contributed by atoms with Crippen LogP contribution in [0.1, 0.15) is 310 Å². The van der Waals surface area contributed by atoms with E-state index in [1.165, 1.54) is 180 Å². The van der Waals surface area contributed by atoms with Gasteiger partial charge in [-0.3, -0.25) is 14.4 Å². The molecule has 0 rings (SSSR count). The third kappa shape index (κ3) is 56.0. The first-order valence-corrected chi connectivity index (χ1v) is 30.3. The summed E-state index contributed by atoms with van der Waals surface area (Å²) in [6.07, 6.45) is 73.8. The molecule has 0 saturated carbocycles. The molecule has 0 radical (unpaired) electrons. The van der Waals surface area contributed by atoms with Crippen LogP contribution in [0.15, 0.2) is 60.8 Å². The van der Waals surface area contributed by atoms with Crippen LogP contribution in [-0.4, -0.2) is 37.2 Å². The number of allylic oxidation sites excluding steroid dienone is 10. The molecule has 0 amide bonds. The number of carbonyl (C=O) groups is 3. The Hall–Kier alpha value is -2.89. The van der Waals surface area contributed by atoms with Gasteiger partial charge in [0.15, 0.2) is 6.10 Å². The molecule has 0 saturated heterocycles. The predicted octanol–water partition coefficient (Wildman–Crippen LogP) is 20.4. The molecule has 0 aromatic carbocycles. The highest BCUT2D eigenvalue weighted by Crippen LogP contribution is 2.17. The van der Waals surface area contributed by atoms with Crippen molar-refractivity contribution in [3.8, 4) is 0 Å². The molecule has 6 heteroatoms. The standard InChI is InChI=1S/C64H114O6/c1-4-7-10-13-16-19-21-23-25-26-27-28-29-30-31-32-33-34-35-36-37-38-39-41-42-45-48-51-54-57-63(66)69-60-61(59-68-62(65)56-53-50-47-44-18-15-12-9-6-3)70-64(67)58-55-52-49-46-43-40-24-22-20-17-14-11-8-5-2/h7,10,16,19,22-25,27-28,61H,4-6,8-9,11-15,17-18,20-21,26,29-60H2,1-3H3/b10-7-,19-16-,24-22-,25-23-,28-27-. The second kappa shape index (κ2) is 58.7. The van der Waals surface area contributed by atoms with Crippen LogP contribution in [0, 0.1) is 0 Å². The van der Waals surface area contributed by atoms with Gasteiger partial charge in [0.05, 0.1) is 0 Å². The van der Waals surface area contributed by atoms with E-state index in [9.17, 15) is 14.4 Å².